The van der Waals surface area contributed by atoms with E-state index < -0.39 is 10.0 Å². The number of nitrogens with one attached hydrogen (secondary N) is 1. The Morgan fingerprint density at radius 2 is 1.67 bits per heavy atom. The summed E-state index contributed by atoms with van der Waals surface area (Å²) in [6.45, 7) is 5.00. The van der Waals surface area contributed by atoms with Crippen LogP contribution in [0.5, 0.6) is 0 Å². The summed E-state index contributed by atoms with van der Waals surface area (Å²) in [6.07, 6.45) is 3.72. The molecule has 0 aliphatic carbocycles. The van der Waals surface area contributed by atoms with Crippen molar-refractivity contribution in [3.05, 3.63) is 42.7 Å². The zero-order valence-electron chi connectivity index (χ0n) is 15.0. The molecule has 2 aromatic rings. The van der Waals surface area contributed by atoms with Crippen molar-refractivity contribution in [2.45, 2.75) is 17.4 Å². The maximum atomic E-state index is 12.9. The van der Waals surface area contributed by atoms with Gasteiger partial charge in [-0.3, -0.25) is 4.90 Å². The summed E-state index contributed by atoms with van der Waals surface area (Å²) in [5.41, 5.74) is 0.872. The zero-order valence-corrected chi connectivity index (χ0v) is 16.6. The van der Waals surface area contributed by atoms with Gasteiger partial charge < -0.3 is 5.32 Å². The van der Waals surface area contributed by atoms with E-state index in [0.717, 1.165) is 38.2 Å². The third-order valence-corrected chi connectivity index (χ3v) is 6.91. The summed E-state index contributed by atoms with van der Waals surface area (Å²) >= 11 is 0. The predicted molar refractivity (Wildman–Crippen MR) is 106 cm³/mol. The maximum Gasteiger partial charge on any atom is 0.246 e. The van der Waals surface area contributed by atoms with Crippen LogP contribution in [0.2, 0.25) is 0 Å². The molecule has 27 heavy (non-hydrogen) atoms. The van der Waals surface area contributed by atoms with Crippen LogP contribution in [0.4, 0.5) is 0 Å². The van der Waals surface area contributed by atoms with Crippen LogP contribution in [0.15, 0.2) is 47.6 Å². The molecule has 2 aliphatic rings. The minimum atomic E-state index is -3.54. The Morgan fingerprint density at radius 3 is 2.33 bits per heavy atom. The maximum absolute atomic E-state index is 12.9. The molecular formula is C18H24ClN5O2S. The van der Waals surface area contributed by atoms with Crippen molar-refractivity contribution in [1.82, 2.24) is 24.5 Å². The number of sulfonamides is 1. The predicted octanol–water partition coefficient (Wildman–Crippen LogP) is 1.23. The van der Waals surface area contributed by atoms with Crippen LogP contribution in [0.3, 0.4) is 0 Å². The minimum absolute atomic E-state index is 0. The number of rotatable bonds is 4. The van der Waals surface area contributed by atoms with E-state index >= 15 is 0 Å². The first-order chi connectivity index (χ1) is 12.6. The van der Waals surface area contributed by atoms with Gasteiger partial charge in [-0.25, -0.2) is 18.4 Å². The molecule has 3 heterocycles. The van der Waals surface area contributed by atoms with E-state index in [4.69, 9.17) is 0 Å². The van der Waals surface area contributed by atoms with E-state index in [1.54, 1.807) is 4.31 Å². The van der Waals surface area contributed by atoms with Gasteiger partial charge in [-0.05, 0) is 6.42 Å². The van der Waals surface area contributed by atoms with E-state index in [1.807, 2.05) is 30.3 Å². The molecule has 0 amide bonds. The summed E-state index contributed by atoms with van der Waals surface area (Å²) in [7, 11) is -3.54. The molecular weight excluding hydrogens is 386 g/mol. The van der Waals surface area contributed by atoms with Gasteiger partial charge in [0.2, 0.25) is 10.0 Å². The highest BCUT2D eigenvalue weighted by atomic mass is 35.5. The monoisotopic (exact) mass is 409 g/mol. The Morgan fingerprint density at radius 1 is 1.00 bits per heavy atom. The van der Waals surface area contributed by atoms with Gasteiger partial charge in [0.05, 0.1) is 12.4 Å². The third kappa shape index (κ3) is 4.30. The first-order valence-electron chi connectivity index (χ1n) is 8.97. The van der Waals surface area contributed by atoms with Crippen LogP contribution in [-0.4, -0.2) is 72.9 Å². The van der Waals surface area contributed by atoms with Gasteiger partial charge in [-0.2, -0.15) is 4.31 Å². The molecule has 4 rings (SSSR count). The quantitative estimate of drug-likeness (QED) is 0.818. The average Bonchev–Trinajstić information content (AvgIpc) is 3.21. The lowest BCUT2D eigenvalue weighted by Crippen LogP contribution is -2.49. The van der Waals surface area contributed by atoms with E-state index in [1.165, 1.54) is 12.4 Å². The first-order valence-corrected chi connectivity index (χ1v) is 10.4. The fourth-order valence-electron chi connectivity index (χ4n) is 3.61. The van der Waals surface area contributed by atoms with Gasteiger partial charge >= 0.3 is 0 Å². The highest BCUT2D eigenvalue weighted by Gasteiger charge is 2.35. The summed E-state index contributed by atoms with van der Waals surface area (Å²) in [5, 5.41) is 3.33. The molecule has 1 atom stereocenters. The van der Waals surface area contributed by atoms with Crippen molar-refractivity contribution in [3.63, 3.8) is 0 Å². The highest BCUT2D eigenvalue weighted by Crippen LogP contribution is 2.24. The Balaban J connectivity index is 0.00000210. The molecule has 0 spiro atoms. The lowest BCUT2D eigenvalue weighted by Gasteiger charge is -2.32. The van der Waals surface area contributed by atoms with Crippen molar-refractivity contribution >= 4 is 22.4 Å². The summed E-state index contributed by atoms with van der Waals surface area (Å²) in [6, 6.07) is 9.85. The fourth-order valence-corrected chi connectivity index (χ4v) is 4.99. The van der Waals surface area contributed by atoms with Crippen LogP contribution in [-0.2, 0) is 10.0 Å². The Hall–Kier alpha value is -1.58. The molecule has 0 bridgehead atoms. The number of halogens is 1. The van der Waals surface area contributed by atoms with Crippen molar-refractivity contribution in [2.24, 2.45) is 0 Å². The van der Waals surface area contributed by atoms with Gasteiger partial charge in [0.25, 0.3) is 0 Å². The van der Waals surface area contributed by atoms with E-state index in [2.05, 4.69) is 20.2 Å². The second-order valence-corrected chi connectivity index (χ2v) is 8.64. The van der Waals surface area contributed by atoms with E-state index in [9.17, 15) is 8.42 Å². The standard InChI is InChI=1S/C18H23N5O2S.ClH/c24-26(25,23-9-6-16(14-23)22-10-7-19-8-11-22)17-12-20-18(21-13-17)15-4-2-1-3-5-15;/h1-5,12-13,16,19H,6-11,14H2;1H. The number of benzene rings is 1. The zero-order chi connectivity index (χ0) is 18.0. The molecule has 2 aliphatic heterocycles. The summed E-state index contributed by atoms with van der Waals surface area (Å²) in [4.78, 5) is 11.1. The van der Waals surface area contributed by atoms with Crippen LogP contribution in [0, 0.1) is 0 Å². The van der Waals surface area contributed by atoms with Gasteiger partial charge in [0.1, 0.15) is 4.90 Å². The minimum Gasteiger partial charge on any atom is -0.314 e. The lowest BCUT2D eigenvalue weighted by molar-refractivity contribution is 0.179. The van der Waals surface area contributed by atoms with E-state index in [0.29, 0.717) is 25.0 Å². The number of nitrogens with zero attached hydrogens (tertiary/aromatic N) is 4. The van der Waals surface area contributed by atoms with Gasteiger partial charge in [0.15, 0.2) is 5.82 Å². The van der Waals surface area contributed by atoms with Crippen molar-refractivity contribution < 1.29 is 8.42 Å². The largest absolute Gasteiger partial charge is 0.314 e. The van der Waals surface area contributed by atoms with Crippen LogP contribution in [0.25, 0.3) is 11.4 Å². The summed E-state index contributed by atoms with van der Waals surface area (Å²) in [5.74, 6) is 0.532. The van der Waals surface area contributed by atoms with E-state index in [-0.39, 0.29) is 17.3 Å². The molecule has 1 aromatic carbocycles. The SMILES string of the molecule is Cl.O=S(=O)(c1cnc(-c2ccccc2)nc1)N1CCC(N2CCNCC2)C1. The Kier molecular flexibility index (Phi) is 6.44. The molecule has 1 unspecified atom stereocenters. The van der Waals surface area contributed by atoms with Crippen LogP contribution < -0.4 is 5.32 Å². The molecule has 0 saturated carbocycles. The van der Waals surface area contributed by atoms with Crippen LogP contribution >= 0.6 is 12.4 Å². The Bertz CT molecular complexity index is 842. The van der Waals surface area contributed by atoms with Gasteiger partial charge in [0, 0.05) is 50.9 Å². The highest BCUT2D eigenvalue weighted by molar-refractivity contribution is 7.89. The Labute approximate surface area is 166 Å². The second kappa shape index (κ2) is 8.62. The van der Waals surface area contributed by atoms with Gasteiger partial charge in [-0.1, -0.05) is 30.3 Å². The number of aromatic nitrogens is 2. The van der Waals surface area contributed by atoms with Gasteiger partial charge in [-0.15, -0.1) is 12.4 Å². The van der Waals surface area contributed by atoms with Crippen LogP contribution in [0.1, 0.15) is 6.42 Å². The molecule has 1 N–H and O–H groups in total. The first kappa shape index (κ1) is 20.2. The normalized spacial score (nSPS) is 21.7. The second-order valence-electron chi connectivity index (χ2n) is 6.70. The fraction of sp³-hybridized carbons (Fsp3) is 0.444. The molecule has 0 radical (unpaired) electrons. The topological polar surface area (TPSA) is 78.4 Å². The molecule has 7 nitrogen and oxygen atoms in total. The lowest BCUT2D eigenvalue weighted by atomic mass is 10.2. The molecule has 2 saturated heterocycles. The third-order valence-electron chi connectivity index (χ3n) is 5.09. The smallest absolute Gasteiger partial charge is 0.246 e. The average molecular weight is 410 g/mol. The molecule has 2 fully saturated rings. The summed E-state index contributed by atoms with van der Waals surface area (Å²) < 4.78 is 27.4. The molecule has 146 valence electrons. The number of hydrogen-bond acceptors (Lipinski definition) is 6. The van der Waals surface area contributed by atoms with Crippen molar-refractivity contribution in [2.75, 3.05) is 39.3 Å². The van der Waals surface area contributed by atoms with Crippen molar-refractivity contribution in [3.8, 4) is 11.4 Å². The molecule has 9 heteroatoms. The van der Waals surface area contributed by atoms with Crippen molar-refractivity contribution in [1.29, 1.82) is 0 Å². The number of piperazine rings is 1. The molecule has 1 aromatic heterocycles. The number of hydrogen-bond donors (Lipinski definition) is 1.